The molecule has 2 aliphatic heterocycles. The summed E-state index contributed by atoms with van der Waals surface area (Å²) in [6, 6.07) is 10.7. The van der Waals surface area contributed by atoms with Gasteiger partial charge in [0.1, 0.15) is 49.1 Å². The van der Waals surface area contributed by atoms with E-state index in [4.69, 9.17) is 46.4 Å². The lowest BCUT2D eigenvalue weighted by Crippen LogP contribution is -2.67. The predicted molar refractivity (Wildman–Crippen MR) is 236 cm³/mol. The Morgan fingerprint density at radius 2 is 0.983 bits per heavy atom. The van der Waals surface area contributed by atoms with Crippen LogP contribution in [-0.2, 0) is 37.0 Å². The molecule has 2 aliphatic rings. The van der Waals surface area contributed by atoms with E-state index in [0.717, 1.165) is 11.1 Å². The van der Waals surface area contributed by atoms with E-state index < -0.39 is 80.0 Å². The van der Waals surface area contributed by atoms with Crippen molar-refractivity contribution in [3.05, 3.63) is 58.7 Å². The molecule has 0 N–H and O–H groups in total. The minimum atomic E-state index is -2.27. The molecule has 2 aromatic rings. The second-order valence-electron chi connectivity index (χ2n) is 19.0. The number of hydrogen-bond donors (Lipinski definition) is 0. The Hall–Kier alpha value is -2.61. The summed E-state index contributed by atoms with van der Waals surface area (Å²) in [6.45, 7) is 34.0. The molecule has 59 heavy (non-hydrogen) atoms. The summed E-state index contributed by atoms with van der Waals surface area (Å²) >= 11 is 0. The molecule has 10 atom stereocenters. The largest absolute Gasteiger partial charge is 0.494 e. The maximum absolute atomic E-state index is 13.5. The van der Waals surface area contributed by atoms with Gasteiger partial charge in [-0.25, -0.2) is 9.59 Å². The SMILES string of the molecule is CCOc1cc(OCC)cc(C(=O)OCC2OC(OC3OC(COC(=O)c4cc(C)cc(C)c4)C(O[Si](C)(C)C)C(O[Si](C)(C)C)C3O[Si](C)(C)C)C(C)C(C)C2C)c1. The highest BCUT2D eigenvalue weighted by Gasteiger charge is 2.54. The standard InChI is InChI=1S/C44H72O12Si3/c1-17-47-34-22-33(23-35(24-34)48-18-2)42(46)49-25-36-30(6)29(5)31(7)43(51-36)53-44-40(56-59(14,15)16)39(55-58(11,12)13)38(54-57(8,9)10)37(52-44)26-50-41(45)32-20-27(3)19-28(4)21-32/h19-24,29-31,36-40,43-44H,17-18,25-26H2,1-16H3. The Balaban J connectivity index is 1.65. The van der Waals surface area contributed by atoms with Crippen LogP contribution in [0, 0.1) is 31.6 Å². The van der Waals surface area contributed by atoms with E-state index >= 15 is 0 Å². The van der Waals surface area contributed by atoms with Crippen LogP contribution in [0.5, 0.6) is 11.5 Å². The van der Waals surface area contributed by atoms with E-state index in [0.29, 0.717) is 35.8 Å². The van der Waals surface area contributed by atoms with Crippen molar-refractivity contribution in [3.63, 3.8) is 0 Å². The van der Waals surface area contributed by atoms with Gasteiger partial charge in [-0.3, -0.25) is 0 Å². The topological polar surface area (TPSA) is 126 Å². The molecule has 0 amide bonds. The number of aryl methyl sites for hydroxylation is 2. The van der Waals surface area contributed by atoms with Gasteiger partial charge in [-0.1, -0.05) is 38.0 Å². The summed E-state index contributed by atoms with van der Waals surface area (Å²) in [6.07, 6.45) is -4.83. The molecule has 0 bridgehead atoms. The van der Waals surface area contributed by atoms with Crippen molar-refractivity contribution in [3.8, 4) is 11.5 Å². The summed E-state index contributed by atoms with van der Waals surface area (Å²) in [4.78, 5) is 27.0. The quantitative estimate of drug-likeness (QED) is 0.105. The first-order valence-electron chi connectivity index (χ1n) is 21.2. The minimum Gasteiger partial charge on any atom is -0.494 e. The normalized spacial score (nSPS) is 27.9. The van der Waals surface area contributed by atoms with Crippen molar-refractivity contribution < 1.29 is 56.0 Å². The molecule has 0 radical (unpaired) electrons. The Morgan fingerprint density at radius 1 is 0.542 bits per heavy atom. The van der Waals surface area contributed by atoms with Gasteiger partial charge in [-0.15, -0.1) is 0 Å². The van der Waals surface area contributed by atoms with E-state index in [1.54, 1.807) is 18.2 Å². The summed E-state index contributed by atoms with van der Waals surface area (Å²) < 4.78 is 64.8. The zero-order valence-corrected chi connectivity index (χ0v) is 41.5. The molecule has 12 nitrogen and oxygen atoms in total. The smallest absolute Gasteiger partial charge is 0.338 e. The zero-order chi connectivity index (χ0) is 44.0. The van der Waals surface area contributed by atoms with Crippen LogP contribution in [0.15, 0.2) is 36.4 Å². The number of benzene rings is 2. The fourth-order valence-corrected chi connectivity index (χ4v) is 10.7. The molecule has 15 heteroatoms. The van der Waals surface area contributed by atoms with Crippen LogP contribution >= 0.6 is 0 Å². The van der Waals surface area contributed by atoms with E-state index in [1.807, 2.05) is 45.9 Å². The molecule has 2 saturated heterocycles. The van der Waals surface area contributed by atoms with E-state index in [-0.39, 0.29) is 31.0 Å². The van der Waals surface area contributed by atoms with Crippen molar-refractivity contribution in [2.24, 2.45) is 17.8 Å². The fourth-order valence-electron chi connectivity index (χ4n) is 7.48. The summed E-state index contributed by atoms with van der Waals surface area (Å²) in [5.41, 5.74) is 2.74. The van der Waals surface area contributed by atoms with Crippen molar-refractivity contribution in [2.75, 3.05) is 26.4 Å². The molecular weight excluding hydrogens is 805 g/mol. The Kier molecular flexibility index (Phi) is 17.0. The van der Waals surface area contributed by atoms with Gasteiger partial charge in [0, 0.05) is 12.0 Å². The summed E-state index contributed by atoms with van der Waals surface area (Å²) in [5.74, 6) is 0.173. The van der Waals surface area contributed by atoms with Gasteiger partial charge in [0.25, 0.3) is 0 Å². The van der Waals surface area contributed by atoms with E-state index in [1.165, 1.54) is 0 Å². The number of rotatable bonds is 18. The fraction of sp³-hybridized carbons (Fsp3) is 0.682. The molecule has 2 fully saturated rings. The van der Waals surface area contributed by atoms with Gasteiger partial charge in [0.15, 0.2) is 37.5 Å². The number of carbonyl (C=O) groups is 2. The van der Waals surface area contributed by atoms with Crippen molar-refractivity contribution >= 4 is 36.9 Å². The number of ether oxygens (including phenoxy) is 7. The Bertz CT molecular complexity index is 1660. The minimum absolute atomic E-state index is 0.00457. The third-order valence-corrected chi connectivity index (χ3v) is 13.2. The number of hydrogen-bond acceptors (Lipinski definition) is 12. The highest BCUT2D eigenvalue weighted by atomic mass is 28.4. The molecule has 0 aromatic heterocycles. The average molecular weight is 877 g/mol. The maximum Gasteiger partial charge on any atom is 0.338 e. The Labute approximate surface area is 356 Å². The molecule has 0 saturated carbocycles. The molecule has 4 rings (SSSR count). The zero-order valence-electron chi connectivity index (χ0n) is 38.5. The van der Waals surface area contributed by atoms with Crippen LogP contribution in [0.2, 0.25) is 58.9 Å². The van der Waals surface area contributed by atoms with Crippen LogP contribution in [0.3, 0.4) is 0 Å². The van der Waals surface area contributed by atoms with Crippen LogP contribution < -0.4 is 9.47 Å². The number of carbonyl (C=O) groups excluding carboxylic acids is 2. The Morgan fingerprint density at radius 3 is 1.47 bits per heavy atom. The molecule has 0 spiro atoms. The third-order valence-electron chi connectivity index (χ3n) is 10.3. The maximum atomic E-state index is 13.5. The second kappa shape index (κ2) is 20.5. The highest BCUT2D eigenvalue weighted by molar-refractivity contribution is 6.70. The van der Waals surface area contributed by atoms with Crippen molar-refractivity contribution in [1.82, 2.24) is 0 Å². The average Bonchev–Trinajstić information content (AvgIpc) is 3.11. The van der Waals surface area contributed by atoms with E-state index in [2.05, 4.69) is 79.7 Å². The highest BCUT2D eigenvalue weighted by Crippen LogP contribution is 2.40. The van der Waals surface area contributed by atoms with Crippen LogP contribution in [0.1, 0.15) is 66.5 Å². The van der Waals surface area contributed by atoms with E-state index in [9.17, 15) is 9.59 Å². The van der Waals surface area contributed by atoms with Gasteiger partial charge >= 0.3 is 11.9 Å². The molecule has 10 unspecified atom stereocenters. The van der Waals surface area contributed by atoms with Crippen LogP contribution in [-0.4, -0.2) is 106 Å². The second-order valence-corrected chi connectivity index (χ2v) is 32.4. The lowest BCUT2D eigenvalue weighted by atomic mass is 9.79. The lowest BCUT2D eigenvalue weighted by Gasteiger charge is -2.52. The van der Waals surface area contributed by atoms with Gasteiger partial charge in [-0.2, -0.15) is 0 Å². The molecule has 332 valence electrons. The first-order valence-corrected chi connectivity index (χ1v) is 31.4. The van der Waals surface area contributed by atoms with Gasteiger partial charge in [-0.05, 0) is 123 Å². The van der Waals surface area contributed by atoms with Gasteiger partial charge < -0.3 is 46.4 Å². The van der Waals surface area contributed by atoms with Crippen LogP contribution in [0.4, 0.5) is 0 Å². The summed E-state index contributed by atoms with van der Waals surface area (Å²) in [5, 5.41) is 0. The molecule has 2 heterocycles. The summed E-state index contributed by atoms with van der Waals surface area (Å²) in [7, 11) is -6.76. The molecule has 2 aromatic carbocycles. The van der Waals surface area contributed by atoms with Crippen molar-refractivity contribution in [2.45, 2.75) is 150 Å². The number of esters is 2. The van der Waals surface area contributed by atoms with Crippen LogP contribution in [0.25, 0.3) is 0 Å². The predicted octanol–water partition coefficient (Wildman–Crippen LogP) is 9.15. The van der Waals surface area contributed by atoms with Gasteiger partial charge in [0.2, 0.25) is 0 Å². The van der Waals surface area contributed by atoms with Crippen molar-refractivity contribution in [1.29, 1.82) is 0 Å². The monoisotopic (exact) mass is 876 g/mol. The third kappa shape index (κ3) is 14.5. The molecular formula is C44H72O12Si3. The van der Waals surface area contributed by atoms with Gasteiger partial charge in [0.05, 0.1) is 30.4 Å². The first kappa shape index (κ1) is 49.1. The lowest BCUT2D eigenvalue weighted by molar-refractivity contribution is -0.357. The first-order chi connectivity index (χ1) is 27.4. The molecule has 0 aliphatic carbocycles.